The molecule has 6 nitrogen and oxygen atoms in total. The zero-order chi connectivity index (χ0) is 22.7. The number of hydrogen-bond donors (Lipinski definition) is 0. The van der Waals surface area contributed by atoms with E-state index in [9.17, 15) is 8.42 Å². The minimum Gasteiger partial charge on any atom is -0.251 e. The molecule has 4 aromatic rings. The fourth-order valence-corrected chi connectivity index (χ4v) is 4.73. The van der Waals surface area contributed by atoms with E-state index in [1.807, 2.05) is 68.4 Å². The summed E-state index contributed by atoms with van der Waals surface area (Å²) >= 11 is 0. The molecule has 0 aliphatic heterocycles. The van der Waals surface area contributed by atoms with Crippen molar-refractivity contribution in [3.8, 4) is 22.8 Å². The van der Waals surface area contributed by atoms with Crippen LogP contribution in [0.5, 0.6) is 0 Å². The Morgan fingerprint density at radius 1 is 0.656 bits per heavy atom. The average molecular weight is 445 g/mol. The van der Waals surface area contributed by atoms with Crippen LogP contribution in [0.15, 0.2) is 77.8 Å². The molecule has 1 unspecified atom stereocenters. The molecule has 7 heteroatoms. The monoisotopic (exact) mass is 444 g/mol. The summed E-state index contributed by atoms with van der Waals surface area (Å²) in [5.74, 6) is 0. The molecule has 0 aliphatic carbocycles. The number of aromatic nitrogens is 4. The first-order valence-electron chi connectivity index (χ1n) is 10.4. The van der Waals surface area contributed by atoms with Crippen molar-refractivity contribution in [2.45, 2.75) is 37.5 Å². The van der Waals surface area contributed by atoms with Gasteiger partial charge in [-0.3, -0.25) is 15.0 Å². The standard InChI is InChI=1S/C25H24N4O2S/c1-17-8-4-11-21(26-17)23-13-6-10-20(28-23)16-19(3)32(30,31)25-15-7-14-24(29-25)22-12-5-9-18(2)27-22/h4-15,19H,16H2,1-3H3. The van der Waals surface area contributed by atoms with Crippen molar-refractivity contribution in [3.05, 3.63) is 89.9 Å². The van der Waals surface area contributed by atoms with Gasteiger partial charge in [0.05, 0.1) is 28.0 Å². The summed E-state index contributed by atoms with van der Waals surface area (Å²) < 4.78 is 26.5. The molecule has 4 aromatic heterocycles. The fraction of sp³-hybridized carbons (Fsp3) is 0.200. The molecule has 0 aromatic carbocycles. The molecule has 4 heterocycles. The highest BCUT2D eigenvalue weighted by Gasteiger charge is 2.26. The van der Waals surface area contributed by atoms with Crippen molar-refractivity contribution in [1.29, 1.82) is 0 Å². The van der Waals surface area contributed by atoms with Crippen molar-refractivity contribution >= 4 is 9.84 Å². The molecule has 0 N–H and O–H groups in total. The molecule has 1 atom stereocenters. The molecule has 0 saturated heterocycles. The van der Waals surface area contributed by atoms with Gasteiger partial charge in [0.15, 0.2) is 14.9 Å². The lowest BCUT2D eigenvalue weighted by molar-refractivity contribution is 0.578. The topological polar surface area (TPSA) is 85.7 Å². The van der Waals surface area contributed by atoms with Crippen LogP contribution < -0.4 is 0 Å². The lowest BCUT2D eigenvalue weighted by Crippen LogP contribution is -2.22. The lowest BCUT2D eigenvalue weighted by atomic mass is 10.2. The second-order valence-corrected chi connectivity index (χ2v) is 10.1. The van der Waals surface area contributed by atoms with Gasteiger partial charge in [0, 0.05) is 23.5 Å². The van der Waals surface area contributed by atoms with Gasteiger partial charge in [0.1, 0.15) is 0 Å². The molecular weight excluding hydrogens is 420 g/mol. The molecule has 162 valence electrons. The number of pyridine rings is 4. The molecule has 0 saturated carbocycles. The summed E-state index contributed by atoms with van der Waals surface area (Å²) in [4.78, 5) is 18.0. The second kappa shape index (κ2) is 8.96. The highest BCUT2D eigenvalue weighted by molar-refractivity contribution is 7.92. The number of nitrogens with zero attached hydrogens (tertiary/aromatic N) is 4. The van der Waals surface area contributed by atoms with E-state index < -0.39 is 15.1 Å². The highest BCUT2D eigenvalue weighted by atomic mass is 32.2. The maximum absolute atomic E-state index is 13.3. The van der Waals surface area contributed by atoms with Gasteiger partial charge >= 0.3 is 0 Å². The molecule has 0 fully saturated rings. The first-order valence-corrected chi connectivity index (χ1v) is 11.9. The van der Waals surface area contributed by atoms with E-state index in [4.69, 9.17) is 0 Å². The van der Waals surface area contributed by atoms with Gasteiger partial charge in [0.25, 0.3) is 0 Å². The average Bonchev–Trinajstić information content (AvgIpc) is 2.79. The number of aryl methyl sites for hydroxylation is 2. The van der Waals surface area contributed by atoms with Crippen molar-refractivity contribution in [1.82, 2.24) is 19.9 Å². The quantitative estimate of drug-likeness (QED) is 0.431. The zero-order valence-electron chi connectivity index (χ0n) is 18.2. The molecule has 0 aliphatic rings. The predicted molar refractivity (Wildman–Crippen MR) is 125 cm³/mol. The Hall–Kier alpha value is -3.45. The van der Waals surface area contributed by atoms with Crippen LogP contribution in [0.2, 0.25) is 0 Å². The van der Waals surface area contributed by atoms with Crippen LogP contribution in [-0.2, 0) is 16.3 Å². The smallest absolute Gasteiger partial charge is 0.198 e. The maximum Gasteiger partial charge on any atom is 0.198 e. The minimum atomic E-state index is -3.66. The third-order valence-electron chi connectivity index (χ3n) is 5.15. The van der Waals surface area contributed by atoms with Gasteiger partial charge < -0.3 is 0 Å². The van der Waals surface area contributed by atoms with Crippen molar-refractivity contribution in [3.63, 3.8) is 0 Å². The van der Waals surface area contributed by atoms with E-state index in [0.717, 1.165) is 22.8 Å². The Balaban J connectivity index is 1.59. The first kappa shape index (κ1) is 21.8. The number of rotatable bonds is 6. The molecule has 0 amide bonds. The van der Waals surface area contributed by atoms with Gasteiger partial charge in [-0.25, -0.2) is 13.4 Å². The van der Waals surface area contributed by atoms with Crippen LogP contribution in [0.3, 0.4) is 0 Å². The summed E-state index contributed by atoms with van der Waals surface area (Å²) in [6, 6.07) is 21.9. The summed E-state index contributed by atoms with van der Waals surface area (Å²) in [5.41, 5.74) is 5.12. The molecule has 0 radical (unpaired) electrons. The summed E-state index contributed by atoms with van der Waals surface area (Å²) in [7, 11) is -3.66. The van der Waals surface area contributed by atoms with Gasteiger partial charge in [-0.2, -0.15) is 0 Å². The van der Waals surface area contributed by atoms with Crippen molar-refractivity contribution in [2.75, 3.05) is 0 Å². The molecule has 32 heavy (non-hydrogen) atoms. The Morgan fingerprint density at radius 3 is 1.69 bits per heavy atom. The van der Waals surface area contributed by atoms with Crippen LogP contribution in [0.4, 0.5) is 0 Å². The molecular formula is C25H24N4O2S. The van der Waals surface area contributed by atoms with Crippen molar-refractivity contribution in [2.24, 2.45) is 0 Å². The largest absolute Gasteiger partial charge is 0.251 e. The Bertz CT molecular complexity index is 1370. The normalized spacial score (nSPS) is 12.5. The van der Waals surface area contributed by atoms with Crippen LogP contribution in [0.25, 0.3) is 22.8 Å². The Kier molecular flexibility index (Phi) is 6.10. The number of hydrogen-bond acceptors (Lipinski definition) is 6. The van der Waals surface area contributed by atoms with Crippen LogP contribution in [-0.4, -0.2) is 33.6 Å². The summed E-state index contributed by atoms with van der Waals surface area (Å²) in [6.07, 6.45) is 0.274. The summed E-state index contributed by atoms with van der Waals surface area (Å²) in [5, 5.41) is -0.647. The third kappa shape index (κ3) is 4.73. The predicted octanol–water partition coefficient (Wildman–Crippen LogP) is 4.62. The fourth-order valence-electron chi connectivity index (χ4n) is 3.43. The van der Waals surface area contributed by atoms with Crippen LogP contribution in [0.1, 0.15) is 24.0 Å². The van der Waals surface area contributed by atoms with E-state index >= 15 is 0 Å². The number of sulfone groups is 1. The van der Waals surface area contributed by atoms with Crippen LogP contribution >= 0.6 is 0 Å². The third-order valence-corrected chi connectivity index (χ3v) is 7.19. The molecule has 4 rings (SSSR count). The minimum absolute atomic E-state index is 0.0438. The van der Waals surface area contributed by atoms with Gasteiger partial charge in [-0.15, -0.1) is 0 Å². The second-order valence-electron chi connectivity index (χ2n) is 7.76. The van der Waals surface area contributed by atoms with Crippen LogP contribution in [0, 0.1) is 13.8 Å². The zero-order valence-corrected chi connectivity index (χ0v) is 19.0. The van der Waals surface area contributed by atoms with E-state index in [2.05, 4.69) is 19.9 Å². The van der Waals surface area contributed by atoms with E-state index in [-0.39, 0.29) is 11.4 Å². The lowest BCUT2D eigenvalue weighted by Gasteiger charge is -2.13. The van der Waals surface area contributed by atoms with Gasteiger partial charge in [-0.1, -0.05) is 24.3 Å². The maximum atomic E-state index is 13.3. The Labute approximate surface area is 188 Å². The highest BCUT2D eigenvalue weighted by Crippen LogP contribution is 2.22. The van der Waals surface area contributed by atoms with E-state index in [1.54, 1.807) is 19.1 Å². The molecule has 0 spiro atoms. The SMILES string of the molecule is Cc1cccc(-c2cccc(CC(C)S(=O)(=O)c3cccc(-c4cccc(C)n4)n3)n2)n1. The van der Waals surface area contributed by atoms with Crippen molar-refractivity contribution < 1.29 is 8.42 Å². The first-order chi connectivity index (χ1) is 15.3. The van der Waals surface area contributed by atoms with E-state index in [0.29, 0.717) is 17.1 Å². The summed E-state index contributed by atoms with van der Waals surface area (Å²) in [6.45, 7) is 5.50. The van der Waals surface area contributed by atoms with E-state index in [1.165, 1.54) is 6.07 Å². The molecule has 0 bridgehead atoms. The van der Waals surface area contributed by atoms with Gasteiger partial charge in [0.2, 0.25) is 0 Å². The Morgan fingerprint density at radius 2 is 1.12 bits per heavy atom. The van der Waals surface area contributed by atoms with Gasteiger partial charge in [-0.05, 0) is 69.3 Å².